The summed E-state index contributed by atoms with van der Waals surface area (Å²) in [6, 6.07) is 2.65. The topological polar surface area (TPSA) is 496 Å². The fourth-order valence-corrected chi connectivity index (χ4v) is 16.4. The Kier molecular flexibility index (Phi) is 22.5. The molecule has 7 unspecified atom stereocenters. The third-order valence-corrected chi connectivity index (χ3v) is 21.6. The number of aromatic nitrogens is 2. The maximum Gasteiger partial charge on any atom is 0.268 e. The first-order chi connectivity index (χ1) is 41.8. The van der Waals surface area contributed by atoms with Crippen LogP contribution in [0.2, 0.25) is 0 Å². The SMILES string of the molecule is CC1=C2N=C(C=C3N=C(C(C)=C4[N-][C@@](C)(C5N=C1[C@](C)(CCC(=O)NCC(C)OP(=O)([O-])OC1C(CO)OC(n6cnc7cc(C)c(C)cc76)C1O)[C@H]5CC(N)=O)[C@@](C)(CC(N)=O)[C@@H]4CCC(N)=O)[C@@](C)(CC(N)=O)[C@@H]3CCC(N)=O)C(C)(C)[C@@H]2CCC(N)=O.O.[Co]. The second kappa shape index (κ2) is 27.8. The molecule has 28 nitrogen and oxygen atoms in total. The number of rotatable bonds is 26. The quantitative estimate of drug-likeness (QED) is 0.0611. The Balaban J connectivity index is 0.00000672. The number of aryl methyl sites for hydroxylation is 2. The molecule has 0 aliphatic carbocycles. The molecule has 509 valence electrons. The number of aliphatic hydroxyl groups excluding tert-OH is 2. The number of nitrogens with one attached hydrogen (secondary N) is 1. The zero-order chi connectivity index (χ0) is 66.7. The van der Waals surface area contributed by atoms with Crippen LogP contribution in [0.5, 0.6) is 0 Å². The van der Waals surface area contributed by atoms with Gasteiger partial charge < -0.3 is 84.0 Å². The molecule has 1 radical (unpaired) electrons. The number of carbonyl (C=O) groups excluding carboxylic acids is 7. The van der Waals surface area contributed by atoms with Crippen molar-refractivity contribution < 1.29 is 89.3 Å². The summed E-state index contributed by atoms with van der Waals surface area (Å²) >= 11 is 0. The summed E-state index contributed by atoms with van der Waals surface area (Å²) in [6.07, 6.45) is -4.79. The van der Waals surface area contributed by atoms with Crippen LogP contribution >= 0.6 is 7.82 Å². The smallest absolute Gasteiger partial charge is 0.268 e. The van der Waals surface area contributed by atoms with Crippen LogP contribution in [0.1, 0.15) is 150 Å². The number of carbonyl (C=O) groups is 7. The molecule has 8 rings (SSSR count). The largest absolute Gasteiger partial charge is 0.756 e. The molecule has 6 aliphatic rings. The average molecular weight is 1350 g/mol. The van der Waals surface area contributed by atoms with Crippen molar-refractivity contribution in [2.45, 2.75) is 189 Å². The molecule has 0 saturated carbocycles. The van der Waals surface area contributed by atoms with Gasteiger partial charge in [0.25, 0.3) is 7.82 Å². The van der Waals surface area contributed by atoms with E-state index in [4.69, 9.17) is 68.5 Å². The Hall–Kier alpha value is -6.53. The van der Waals surface area contributed by atoms with Gasteiger partial charge in [0.2, 0.25) is 41.4 Å². The molecule has 1 aromatic carbocycles. The number of phosphoric acid groups is 1. The molecule has 8 bridgehead atoms. The molecule has 0 spiro atoms. The third kappa shape index (κ3) is 14.1. The van der Waals surface area contributed by atoms with Gasteiger partial charge in [0.05, 0.1) is 30.1 Å². The molecular formula is C62H90CoN13O15P-2. The molecular weight excluding hydrogens is 1260 g/mol. The monoisotopic (exact) mass is 1350 g/mol. The van der Waals surface area contributed by atoms with E-state index < -0.39 is 143 Å². The predicted octanol–water partition coefficient (Wildman–Crippen LogP) is 2.49. The van der Waals surface area contributed by atoms with Crippen LogP contribution in [0.3, 0.4) is 0 Å². The number of aliphatic hydroxyl groups is 2. The molecule has 92 heavy (non-hydrogen) atoms. The van der Waals surface area contributed by atoms with Gasteiger partial charge in [0, 0.05) is 131 Å². The summed E-state index contributed by atoms with van der Waals surface area (Å²) in [5, 5.41) is 30.1. The number of amides is 7. The van der Waals surface area contributed by atoms with Gasteiger partial charge in [-0.15, -0.1) is 0 Å². The molecule has 2 aromatic rings. The summed E-state index contributed by atoms with van der Waals surface area (Å²) in [7, 11) is -5.32. The second-order valence-corrected chi connectivity index (χ2v) is 28.3. The number of ether oxygens (including phenoxy) is 1. The number of imidazole rings is 1. The van der Waals surface area contributed by atoms with Crippen LogP contribution in [-0.2, 0) is 68.7 Å². The molecule has 7 heterocycles. The number of phosphoric ester groups is 1. The number of fused-ring (bicyclic) bond motifs is 7. The van der Waals surface area contributed by atoms with Gasteiger partial charge in [-0.3, -0.25) is 53.1 Å². The molecule has 1 aromatic heterocycles. The first kappa shape index (κ1) is 74.5. The number of allylic oxidation sites excluding steroid dienone is 6. The van der Waals surface area contributed by atoms with E-state index in [-0.39, 0.29) is 99.4 Å². The van der Waals surface area contributed by atoms with Crippen molar-refractivity contribution in [3.63, 3.8) is 0 Å². The van der Waals surface area contributed by atoms with Gasteiger partial charge >= 0.3 is 0 Å². The van der Waals surface area contributed by atoms with Crippen molar-refractivity contribution in [1.29, 1.82) is 0 Å². The van der Waals surface area contributed by atoms with Crippen molar-refractivity contribution in [1.82, 2.24) is 14.9 Å². The maximum absolute atomic E-state index is 14.4. The molecule has 17 N–H and O–H groups in total. The number of nitrogens with zero attached hydrogens (tertiary/aromatic N) is 6. The Labute approximate surface area is 545 Å². The summed E-state index contributed by atoms with van der Waals surface area (Å²) < 4.78 is 31.9. The zero-order valence-electron chi connectivity index (χ0n) is 54.0. The van der Waals surface area contributed by atoms with Crippen LogP contribution in [0.15, 0.2) is 67.8 Å². The first-order valence-corrected chi connectivity index (χ1v) is 32.0. The van der Waals surface area contributed by atoms with Crippen molar-refractivity contribution in [2.24, 2.45) is 94.7 Å². The van der Waals surface area contributed by atoms with Gasteiger partial charge in [-0.05, 0) is 118 Å². The summed E-state index contributed by atoms with van der Waals surface area (Å²) in [5.41, 5.74) is 36.7. The standard InChI is InChI=1S/C62H90N13O14P.Co.H2O/c1-29-20-39-40(21-30(29)2)75(28-70-39)57-52(84)53(41(27-76)87-57)89-90(85,86)88-31(3)26-69-49(83)18-19-59(8)37(22-46(66)80)56-62(11)61(10,25-48(68)82)36(14-17-45(65)79)51(74-62)33(5)55-60(9,24-47(67)81)34(12-15-43(63)77)38(71-55)23-42-58(6,7)35(13-16-44(64)78)50(72-42)32(4)54(59)73-56;;/h20-21,23,28,31,34-37,41,52-53,56-57,76,84H,12-19,22,24-27H2,1-11H3,(H15,63,64,65,66,67,68,69,71,72,73,74,77,78,79,80,81,82,83,85,86);;1H2/p-2/t31?,34-,35-,36-,37+,41?,52?,53?,56?,57?,59-,60+,61+,62+;;/m1../s1. The van der Waals surface area contributed by atoms with Crippen molar-refractivity contribution in [3.05, 3.63) is 69.2 Å². The second-order valence-electron chi connectivity index (χ2n) is 27.0. The van der Waals surface area contributed by atoms with E-state index in [1.165, 1.54) is 17.8 Å². The van der Waals surface area contributed by atoms with E-state index in [0.29, 0.717) is 56.4 Å². The Morgan fingerprint density at radius 2 is 1.38 bits per heavy atom. The van der Waals surface area contributed by atoms with Gasteiger partial charge in [0.15, 0.2) is 6.23 Å². The van der Waals surface area contributed by atoms with Gasteiger partial charge in [-0.2, -0.15) is 5.70 Å². The summed E-state index contributed by atoms with van der Waals surface area (Å²) in [6.45, 7) is 19.0. The van der Waals surface area contributed by atoms with Gasteiger partial charge in [-0.1, -0.05) is 47.1 Å². The number of primary amides is 6. The molecule has 15 atom stereocenters. The van der Waals surface area contributed by atoms with E-state index in [2.05, 4.69) is 10.3 Å². The number of benzene rings is 1. The fourth-order valence-electron chi connectivity index (χ4n) is 15.3. The predicted molar refractivity (Wildman–Crippen MR) is 335 cm³/mol. The maximum atomic E-state index is 14.4. The zero-order valence-corrected chi connectivity index (χ0v) is 55.9. The Morgan fingerprint density at radius 1 is 0.793 bits per heavy atom. The van der Waals surface area contributed by atoms with E-state index >= 15 is 0 Å². The first-order valence-electron chi connectivity index (χ1n) is 30.5. The van der Waals surface area contributed by atoms with Gasteiger partial charge in [-0.25, -0.2) is 4.98 Å². The summed E-state index contributed by atoms with van der Waals surface area (Å²) in [5.74, 6) is -7.40. The number of aliphatic imine (C=N–C) groups is 3. The van der Waals surface area contributed by atoms with Crippen molar-refractivity contribution in [3.8, 4) is 0 Å². The molecule has 2 saturated heterocycles. The van der Waals surface area contributed by atoms with E-state index in [1.54, 1.807) is 6.92 Å². The van der Waals surface area contributed by atoms with E-state index in [0.717, 1.165) is 11.1 Å². The number of hydrogen-bond acceptors (Lipinski definition) is 18. The Morgan fingerprint density at radius 3 is 1.96 bits per heavy atom. The number of nitrogens with two attached hydrogens (primary N) is 6. The normalized spacial score (nSPS) is 31.3. The summed E-state index contributed by atoms with van der Waals surface area (Å²) in [4.78, 5) is 128. The molecule has 6 aliphatic heterocycles. The van der Waals surface area contributed by atoms with Gasteiger partial charge in [0.1, 0.15) is 18.3 Å². The molecule has 2 fully saturated rings. The minimum atomic E-state index is -5.32. The average Bonchev–Trinajstić information content (AvgIpc) is 1.53. The van der Waals surface area contributed by atoms with Crippen LogP contribution in [-0.4, -0.2) is 133 Å². The number of hydrogen-bond donors (Lipinski definition) is 9. The Bertz CT molecular complexity index is 3550. The van der Waals surface area contributed by atoms with Crippen molar-refractivity contribution >= 4 is 77.3 Å². The minimum Gasteiger partial charge on any atom is -0.756 e. The van der Waals surface area contributed by atoms with Crippen LogP contribution in [0.25, 0.3) is 16.4 Å². The minimum absolute atomic E-state index is 0. The van der Waals surface area contributed by atoms with E-state index in [1.807, 2.05) is 80.5 Å². The van der Waals surface area contributed by atoms with Crippen LogP contribution < -0.4 is 44.6 Å². The third-order valence-electron chi connectivity index (χ3n) is 20.5. The van der Waals surface area contributed by atoms with Crippen LogP contribution in [0.4, 0.5) is 0 Å². The molecule has 7 amide bonds. The van der Waals surface area contributed by atoms with Crippen LogP contribution in [0, 0.1) is 59.2 Å². The van der Waals surface area contributed by atoms with Crippen molar-refractivity contribution in [2.75, 3.05) is 13.2 Å². The van der Waals surface area contributed by atoms with E-state index in [9.17, 15) is 53.2 Å². The fraction of sp³-hybridized carbons (Fsp3) is 0.629. The molecule has 30 heteroatoms.